The average Bonchev–Trinajstić information content (AvgIpc) is 1.59. The van der Waals surface area contributed by atoms with Gasteiger partial charge >= 0.3 is 23.9 Å². The van der Waals surface area contributed by atoms with E-state index in [1.165, 1.54) is 0 Å². The Morgan fingerprint density at radius 3 is 0.559 bits per heavy atom. The molecule has 4 aliphatic carbocycles. The summed E-state index contributed by atoms with van der Waals surface area (Å²) in [4.78, 5) is 137. The number of hydrogen-bond donors (Lipinski definition) is 0. The molecule has 0 saturated carbocycles. The zero-order chi connectivity index (χ0) is 82.9. The van der Waals surface area contributed by atoms with Gasteiger partial charge in [0.25, 0.3) is 0 Å². The molecule has 1 aliphatic heterocycles. The summed E-state index contributed by atoms with van der Waals surface area (Å²) in [6.07, 6.45) is 14.5. The number of ether oxygens (including phenoxy) is 4. The van der Waals surface area contributed by atoms with E-state index < -0.39 is 106 Å². The maximum atomic E-state index is 15.6. The average molecular weight is 1510 g/mol. The number of fused-ring (bicyclic) bond motifs is 8. The Hall–Kier alpha value is -9.77. The molecule has 0 radical (unpaired) electrons. The van der Waals surface area contributed by atoms with Crippen LogP contribution in [0.1, 0.15) is 246 Å². The quantitative estimate of drug-likeness (QED) is 0.0576. The molecular weight excluding hydrogens is 1390 g/mol. The van der Waals surface area contributed by atoms with E-state index in [1.54, 1.807) is 27.7 Å². The van der Waals surface area contributed by atoms with Gasteiger partial charge in [-0.25, -0.2) is 0 Å². The van der Waals surface area contributed by atoms with Crippen LogP contribution in [0, 0.1) is 43.3 Å². The molecule has 5 aliphatic rings. The lowest BCUT2D eigenvalue weighted by Crippen LogP contribution is -2.29. The van der Waals surface area contributed by atoms with Gasteiger partial charge in [-0.3, -0.25) is 43.2 Å². The summed E-state index contributed by atoms with van der Waals surface area (Å²) in [5, 5.41) is 0. The first-order chi connectivity index (χ1) is 51.2. The molecule has 0 fully saturated rings. The molecule has 111 heavy (non-hydrogen) atoms. The fourth-order valence-electron chi connectivity index (χ4n) is 15.2. The minimum atomic E-state index is -0.777. The highest BCUT2D eigenvalue weighted by molar-refractivity contribution is 6.16. The Kier molecular flexibility index (Phi) is 23.9. The molecule has 0 spiro atoms. The molecule has 0 amide bonds. The Morgan fingerprint density at radius 1 is 0.252 bits per heavy atom. The molecular formula is C94H118N4O13. The first kappa shape index (κ1) is 85.2. The van der Waals surface area contributed by atoms with Crippen LogP contribution >= 0.6 is 0 Å². The molecule has 4 aromatic heterocycles. The first-order valence-corrected chi connectivity index (χ1v) is 39.1. The van der Waals surface area contributed by atoms with Crippen LogP contribution in [0.4, 0.5) is 0 Å². The summed E-state index contributed by atoms with van der Waals surface area (Å²) in [7, 11) is 0. The molecule has 592 valence electrons. The fourth-order valence-corrected chi connectivity index (χ4v) is 15.2. The van der Waals surface area contributed by atoms with Crippen molar-refractivity contribution in [1.29, 1.82) is 0 Å². The van der Waals surface area contributed by atoms with Crippen LogP contribution in [0.25, 0.3) is 22.3 Å². The number of rotatable bonds is 14. The topological polar surface area (TPSA) is 210 Å². The van der Waals surface area contributed by atoms with E-state index in [0.29, 0.717) is 135 Å². The highest BCUT2D eigenvalue weighted by Crippen LogP contribution is 2.51. The van der Waals surface area contributed by atoms with Crippen LogP contribution in [0.5, 0.6) is 0 Å². The maximum Gasteiger partial charge on any atom is 0.325 e. The number of allylic oxidation sites excluding steroid dienone is 20. The Bertz CT molecular complexity index is 4560. The first-order valence-electron chi connectivity index (χ1n) is 39.1. The molecule has 0 N–H and O–H groups in total. The van der Waals surface area contributed by atoms with Gasteiger partial charge in [0.05, 0.1) is 78.5 Å². The number of ketones is 5. The predicted octanol–water partition coefficient (Wildman–Crippen LogP) is 18.7. The van der Waals surface area contributed by atoms with Gasteiger partial charge in [-0.05, 0) is 190 Å². The predicted molar refractivity (Wildman–Crippen MR) is 438 cm³/mol. The van der Waals surface area contributed by atoms with E-state index >= 15 is 38.4 Å². The van der Waals surface area contributed by atoms with Crippen LogP contribution in [0.3, 0.4) is 0 Å². The SMILES string of the molecule is CCOC(=O)CC(=O)Cn1c2ccc1C(=C1C=C(C(C)(C)C)C(=O)C(C(C)(C)C)=C1)c1ccc(n1CC(=O)OCC)C(=C1C=C(C(C)(C)C)C(=O)C(C(C)(C)C)=C1)c1ccc(n1CC(=O)OCC)C(=C1C=C(C(C)(C)C)C(=O)C(C(C)(C)C)=C1)c1ccc(n1CC(=O)OCC)C2=C1C=C(C(C)(C)C)C(=O)C(C(C)(C)C)=C1. The van der Waals surface area contributed by atoms with Gasteiger partial charge in [0.15, 0.2) is 28.9 Å². The summed E-state index contributed by atoms with van der Waals surface area (Å²) in [6, 6.07) is 15.2. The zero-order valence-corrected chi connectivity index (χ0v) is 71.2. The summed E-state index contributed by atoms with van der Waals surface area (Å²) >= 11 is 0. The molecule has 17 nitrogen and oxygen atoms in total. The number of Topliss-reactive ketones (excluding diaryl/α,β-unsaturated/α-hetero) is 5. The molecule has 17 heteroatoms. The van der Waals surface area contributed by atoms with Crippen molar-refractivity contribution in [2.45, 2.75) is 226 Å². The van der Waals surface area contributed by atoms with E-state index in [0.717, 1.165) is 0 Å². The molecule has 8 bridgehead atoms. The minimum absolute atomic E-state index is 0.000608. The van der Waals surface area contributed by atoms with Crippen molar-refractivity contribution in [3.05, 3.63) is 210 Å². The van der Waals surface area contributed by atoms with Crippen molar-refractivity contribution in [3.63, 3.8) is 0 Å². The van der Waals surface area contributed by atoms with E-state index in [4.69, 9.17) is 18.9 Å². The van der Waals surface area contributed by atoms with Gasteiger partial charge in [-0.2, -0.15) is 0 Å². The number of nitrogens with zero attached hydrogens (tertiary/aromatic N) is 4. The molecule has 5 heterocycles. The third kappa shape index (κ3) is 17.6. The third-order valence-corrected chi connectivity index (χ3v) is 20.7. The molecule has 0 aromatic carbocycles. The van der Waals surface area contributed by atoms with Crippen molar-refractivity contribution in [3.8, 4) is 0 Å². The van der Waals surface area contributed by atoms with Crippen LogP contribution in [-0.4, -0.2) is 97.5 Å². The largest absolute Gasteiger partial charge is 0.466 e. The van der Waals surface area contributed by atoms with Crippen molar-refractivity contribution in [2.75, 3.05) is 26.4 Å². The number of carbonyl (C=O) groups is 9. The standard InChI is InChI=1S/C94H118N4O13/c1-29-108-75(100)49-58(99)50-95-67-33-34-68(95)80(55-43-61(89(11,12)13)84(105)62(44-55)90(14,15)16)70-36-38-72(97(70)52-77(102)110-31-3)82(57-47-65(93(23,24)25)86(107)66(48-57)94(26,27)28)74-40-39-73(98(74)53-78(103)111-32-4)81(56-45-63(91(17,18)19)85(106)64(46-56)92(20,21)22)71-37-35-69(96(71)51-76(101)109-30-2)79(67)54-41-59(87(5,6)7)83(104)60(42-54)88(8,9)10/h33-48H,29-32,49-53H2,1-28H3. The van der Waals surface area contributed by atoms with Gasteiger partial charge < -0.3 is 37.2 Å². The lowest BCUT2D eigenvalue weighted by molar-refractivity contribution is -0.146. The second kappa shape index (κ2) is 31.1. The smallest absolute Gasteiger partial charge is 0.325 e. The van der Waals surface area contributed by atoms with Crippen molar-refractivity contribution in [2.24, 2.45) is 43.3 Å². The summed E-state index contributed by atoms with van der Waals surface area (Å²) in [6.45, 7) is 52.6. The molecule has 0 unspecified atom stereocenters. The minimum Gasteiger partial charge on any atom is -0.466 e. The third-order valence-electron chi connectivity index (χ3n) is 20.7. The second-order valence-electron chi connectivity index (χ2n) is 37.8. The summed E-state index contributed by atoms with van der Waals surface area (Å²) in [5.41, 5.74) is 4.76. The van der Waals surface area contributed by atoms with Crippen molar-refractivity contribution >= 4 is 75.1 Å². The molecule has 0 saturated heterocycles. The van der Waals surface area contributed by atoms with Gasteiger partial charge in [0.2, 0.25) is 0 Å². The molecule has 9 rings (SSSR count). The highest BCUT2D eigenvalue weighted by Gasteiger charge is 2.43. The van der Waals surface area contributed by atoms with E-state index in [1.807, 2.05) is 282 Å². The zero-order valence-electron chi connectivity index (χ0n) is 71.2. The lowest BCUT2D eigenvalue weighted by atomic mass is 9.71. The number of esters is 4. The van der Waals surface area contributed by atoms with E-state index in [9.17, 15) is 4.79 Å². The maximum absolute atomic E-state index is 15.6. The number of hydrogen-bond acceptors (Lipinski definition) is 13. The van der Waals surface area contributed by atoms with Gasteiger partial charge in [0, 0.05) is 66.9 Å². The Morgan fingerprint density at radius 2 is 0.405 bits per heavy atom. The second-order valence-corrected chi connectivity index (χ2v) is 37.8. The molecule has 0 atom stereocenters. The van der Waals surface area contributed by atoms with Gasteiger partial charge in [-0.15, -0.1) is 0 Å². The van der Waals surface area contributed by atoms with Crippen LogP contribution in [-0.2, 0) is 88.3 Å². The molecule has 4 aromatic rings. The lowest BCUT2D eigenvalue weighted by Gasteiger charge is -2.33. The van der Waals surface area contributed by atoms with Gasteiger partial charge in [0.1, 0.15) is 26.1 Å². The van der Waals surface area contributed by atoms with E-state index in [2.05, 4.69) is 0 Å². The normalized spacial score (nSPS) is 16.6. The van der Waals surface area contributed by atoms with Crippen LogP contribution < -0.4 is 0 Å². The fraction of sp³-hybridized carbons (Fsp3) is 0.479. The highest BCUT2D eigenvalue weighted by atomic mass is 16.5. The van der Waals surface area contributed by atoms with Crippen molar-refractivity contribution in [1.82, 2.24) is 18.3 Å². The number of carbonyl (C=O) groups excluding carboxylic acids is 9. The van der Waals surface area contributed by atoms with Crippen LogP contribution in [0.2, 0.25) is 0 Å². The van der Waals surface area contributed by atoms with Gasteiger partial charge in [-0.1, -0.05) is 166 Å². The Balaban J connectivity index is 1.77. The number of aromatic nitrogens is 4. The van der Waals surface area contributed by atoms with Crippen LogP contribution in [0.15, 0.2) is 164 Å². The summed E-state index contributed by atoms with van der Waals surface area (Å²) in [5.74, 6) is -3.82. The van der Waals surface area contributed by atoms with Crippen molar-refractivity contribution < 1.29 is 62.1 Å². The van der Waals surface area contributed by atoms with E-state index in [-0.39, 0.29) is 49.6 Å². The summed E-state index contributed by atoms with van der Waals surface area (Å²) < 4.78 is 31.1. The monoisotopic (exact) mass is 1510 g/mol. The Labute approximate surface area is 657 Å².